The second-order valence-corrected chi connectivity index (χ2v) is 10.0. The first-order valence-electron chi connectivity index (χ1n) is 10.4. The van der Waals surface area contributed by atoms with E-state index in [0.29, 0.717) is 0 Å². The normalized spacial score (nSPS) is 50.0. The van der Waals surface area contributed by atoms with Crippen molar-refractivity contribution >= 4 is 17.7 Å². The van der Waals surface area contributed by atoms with Crippen LogP contribution in [0.3, 0.4) is 0 Å². The molecule has 0 aromatic heterocycles. The Hall–Kier alpha value is -1.65. The van der Waals surface area contributed by atoms with E-state index in [2.05, 4.69) is 17.5 Å². The van der Waals surface area contributed by atoms with Crippen molar-refractivity contribution in [2.75, 3.05) is 6.54 Å². The standard InChI is InChI=1S/C21H26N2O3/c24-16(22-21-7-11-3-12(8-21)5-13(4-11)9-21)10-23-19(25)17-14-1-2-15(6-14)18(17)20(23)26/h1-2,11-15,17-18H,3-10H2,(H,22,24)/t11?,12?,13?,14-,15-,17-,18-,21?/m0/s1. The zero-order chi connectivity index (χ0) is 17.6. The van der Waals surface area contributed by atoms with Gasteiger partial charge in [-0.15, -0.1) is 0 Å². The van der Waals surface area contributed by atoms with Crippen LogP contribution in [0, 0.1) is 41.4 Å². The van der Waals surface area contributed by atoms with Gasteiger partial charge in [-0.2, -0.15) is 0 Å². The molecule has 0 radical (unpaired) electrons. The molecule has 4 atom stereocenters. The number of amides is 3. The topological polar surface area (TPSA) is 66.5 Å². The van der Waals surface area contributed by atoms with Gasteiger partial charge in [-0.05, 0) is 74.5 Å². The lowest BCUT2D eigenvalue weighted by molar-refractivity contribution is -0.145. The first-order valence-corrected chi connectivity index (χ1v) is 10.4. The summed E-state index contributed by atoms with van der Waals surface area (Å²) < 4.78 is 0. The van der Waals surface area contributed by atoms with Gasteiger partial charge in [-0.1, -0.05) is 12.2 Å². The first kappa shape index (κ1) is 15.4. The van der Waals surface area contributed by atoms with E-state index in [-0.39, 0.29) is 53.5 Å². The maximum atomic E-state index is 12.8. The van der Waals surface area contributed by atoms with E-state index in [1.54, 1.807) is 0 Å². The average molecular weight is 354 g/mol. The second-order valence-electron chi connectivity index (χ2n) is 10.0. The molecule has 7 aliphatic rings. The van der Waals surface area contributed by atoms with Crippen LogP contribution < -0.4 is 5.32 Å². The fourth-order valence-electron chi connectivity index (χ4n) is 7.86. The van der Waals surface area contributed by atoms with Crippen molar-refractivity contribution in [3.05, 3.63) is 12.2 Å². The van der Waals surface area contributed by atoms with E-state index >= 15 is 0 Å². The fourth-order valence-corrected chi connectivity index (χ4v) is 7.86. The lowest BCUT2D eigenvalue weighted by Gasteiger charge is -2.57. The van der Waals surface area contributed by atoms with Crippen LogP contribution in [0.1, 0.15) is 44.9 Å². The molecule has 26 heavy (non-hydrogen) atoms. The third-order valence-electron chi connectivity index (χ3n) is 8.31. The summed E-state index contributed by atoms with van der Waals surface area (Å²) in [5.74, 6) is 1.93. The SMILES string of the molecule is O=C(CN1C(=O)[C@@H]2[C@@H](C1=O)[C@H]1C=C[C@H]2C1)NC12CC3CC(CC(C3)C1)C2. The summed E-state index contributed by atoms with van der Waals surface area (Å²) in [6.07, 6.45) is 12.4. The summed E-state index contributed by atoms with van der Waals surface area (Å²) in [4.78, 5) is 39.6. The number of carbonyl (C=O) groups excluding carboxylic acids is 3. The van der Waals surface area contributed by atoms with E-state index in [4.69, 9.17) is 0 Å². The molecule has 6 aliphatic carbocycles. The van der Waals surface area contributed by atoms with Crippen molar-refractivity contribution in [1.82, 2.24) is 10.2 Å². The number of hydrogen-bond donors (Lipinski definition) is 1. The first-order chi connectivity index (χ1) is 12.5. The Labute approximate surface area is 153 Å². The van der Waals surface area contributed by atoms with Gasteiger partial charge < -0.3 is 5.32 Å². The number of rotatable bonds is 3. The number of likely N-dealkylation sites (tertiary alicyclic amines) is 1. The number of nitrogens with one attached hydrogen (secondary N) is 1. The highest BCUT2D eigenvalue weighted by Crippen LogP contribution is 2.56. The van der Waals surface area contributed by atoms with E-state index < -0.39 is 0 Å². The summed E-state index contributed by atoms with van der Waals surface area (Å²) in [5, 5.41) is 3.30. The zero-order valence-corrected chi connectivity index (χ0v) is 15.0. The van der Waals surface area contributed by atoms with Crippen LogP contribution in [-0.4, -0.2) is 34.7 Å². The summed E-state index contributed by atoms with van der Waals surface area (Å²) in [6.45, 7) is -0.0775. The quantitative estimate of drug-likeness (QED) is 0.622. The second kappa shape index (κ2) is 4.99. The molecule has 5 heteroatoms. The molecule has 138 valence electrons. The summed E-state index contributed by atoms with van der Waals surface area (Å²) in [6, 6.07) is 0. The molecular formula is C21H26N2O3. The molecule has 7 rings (SSSR count). The summed E-state index contributed by atoms with van der Waals surface area (Å²) in [7, 11) is 0. The molecule has 0 aromatic rings. The number of allylic oxidation sites excluding steroid dienone is 2. The Morgan fingerprint density at radius 3 is 1.92 bits per heavy atom. The maximum Gasteiger partial charge on any atom is 0.240 e. The monoisotopic (exact) mass is 354 g/mol. The molecule has 1 heterocycles. The van der Waals surface area contributed by atoms with Crippen LogP contribution in [0.2, 0.25) is 0 Å². The van der Waals surface area contributed by atoms with E-state index in [0.717, 1.165) is 43.4 Å². The minimum absolute atomic E-state index is 0.0614. The molecule has 1 N–H and O–H groups in total. The minimum atomic E-state index is -0.204. The molecule has 1 aliphatic heterocycles. The van der Waals surface area contributed by atoms with Gasteiger partial charge in [0, 0.05) is 5.54 Å². The van der Waals surface area contributed by atoms with Gasteiger partial charge >= 0.3 is 0 Å². The minimum Gasteiger partial charge on any atom is -0.349 e. The molecule has 0 spiro atoms. The van der Waals surface area contributed by atoms with Crippen molar-refractivity contribution in [2.24, 2.45) is 41.4 Å². The lowest BCUT2D eigenvalue weighted by Crippen LogP contribution is -2.61. The van der Waals surface area contributed by atoms with Crippen molar-refractivity contribution in [2.45, 2.75) is 50.5 Å². The van der Waals surface area contributed by atoms with Gasteiger partial charge in [0.15, 0.2) is 0 Å². The Balaban J connectivity index is 1.17. The van der Waals surface area contributed by atoms with Crippen molar-refractivity contribution in [3.8, 4) is 0 Å². The Bertz CT molecular complexity index is 676. The molecule has 6 fully saturated rings. The Kier molecular flexibility index (Phi) is 2.96. The van der Waals surface area contributed by atoms with Gasteiger partial charge in [-0.3, -0.25) is 19.3 Å². The van der Waals surface area contributed by atoms with Crippen LogP contribution >= 0.6 is 0 Å². The van der Waals surface area contributed by atoms with Crippen LogP contribution in [0.15, 0.2) is 12.2 Å². The van der Waals surface area contributed by atoms with Crippen molar-refractivity contribution in [3.63, 3.8) is 0 Å². The molecule has 1 saturated heterocycles. The van der Waals surface area contributed by atoms with E-state index in [1.165, 1.54) is 24.2 Å². The van der Waals surface area contributed by atoms with Gasteiger partial charge in [0.25, 0.3) is 0 Å². The molecule has 5 saturated carbocycles. The number of carbonyl (C=O) groups is 3. The van der Waals surface area contributed by atoms with Crippen molar-refractivity contribution < 1.29 is 14.4 Å². The molecule has 6 bridgehead atoms. The largest absolute Gasteiger partial charge is 0.349 e. The number of hydrogen-bond acceptors (Lipinski definition) is 3. The van der Waals surface area contributed by atoms with Crippen LogP contribution in [0.4, 0.5) is 0 Å². The average Bonchev–Trinajstić information content (AvgIpc) is 3.23. The highest BCUT2D eigenvalue weighted by molar-refractivity contribution is 6.08. The highest BCUT2D eigenvalue weighted by atomic mass is 16.2. The fraction of sp³-hybridized carbons (Fsp3) is 0.762. The van der Waals surface area contributed by atoms with Crippen LogP contribution in [-0.2, 0) is 14.4 Å². The maximum absolute atomic E-state index is 12.8. The van der Waals surface area contributed by atoms with E-state index in [9.17, 15) is 14.4 Å². The summed E-state index contributed by atoms with van der Waals surface area (Å²) in [5.41, 5.74) is -0.0614. The van der Waals surface area contributed by atoms with E-state index in [1.807, 2.05) is 0 Å². The van der Waals surface area contributed by atoms with Gasteiger partial charge in [0.1, 0.15) is 6.54 Å². The number of nitrogens with zero attached hydrogens (tertiary/aromatic N) is 1. The van der Waals surface area contributed by atoms with Gasteiger partial charge in [0.05, 0.1) is 11.8 Å². The molecular weight excluding hydrogens is 328 g/mol. The lowest BCUT2D eigenvalue weighted by atomic mass is 9.53. The number of fused-ring (bicyclic) bond motifs is 5. The van der Waals surface area contributed by atoms with Crippen molar-refractivity contribution in [1.29, 1.82) is 0 Å². The zero-order valence-electron chi connectivity index (χ0n) is 15.0. The smallest absolute Gasteiger partial charge is 0.240 e. The third kappa shape index (κ3) is 2.00. The highest BCUT2D eigenvalue weighted by Gasteiger charge is 2.59. The Morgan fingerprint density at radius 1 is 0.923 bits per heavy atom. The molecule has 3 amide bonds. The van der Waals surface area contributed by atoms with Crippen LogP contribution in [0.5, 0.6) is 0 Å². The molecule has 0 aromatic carbocycles. The van der Waals surface area contributed by atoms with Gasteiger partial charge in [-0.25, -0.2) is 0 Å². The predicted octanol–water partition coefficient (Wildman–Crippen LogP) is 1.88. The third-order valence-corrected chi connectivity index (χ3v) is 8.31. The molecule has 5 nitrogen and oxygen atoms in total. The molecule has 0 unspecified atom stereocenters. The van der Waals surface area contributed by atoms with Gasteiger partial charge in [0.2, 0.25) is 17.7 Å². The Morgan fingerprint density at radius 2 is 1.42 bits per heavy atom. The number of imide groups is 1. The summed E-state index contributed by atoms with van der Waals surface area (Å²) >= 11 is 0. The van der Waals surface area contributed by atoms with Crippen LogP contribution in [0.25, 0.3) is 0 Å². The predicted molar refractivity (Wildman–Crippen MR) is 93.5 cm³/mol.